The van der Waals surface area contributed by atoms with Crippen molar-refractivity contribution in [3.05, 3.63) is 28.2 Å². The fourth-order valence-corrected chi connectivity index (χ4v) is 3.15. The molecule has 2 rings (SSSR count). The number of aliphatic carboxylic acids is 1. The summed E-state index contributed by atoms with van der Waals surface area (Å²) in [6.07, 6.45) is 2.45. The minimum Gasteiger partial charge on any atom is -0.480 e. The molecule has 5 nitrogen and oxygen atoms in total. The lowest BCUT2D eigenvalue weighted by Crippen LogP contribution is -2.47. The van der Waals surface area contributed by atoms with E-state index in [-0.39, 0.29) is 12.5 Å². The third-order valence-electron chi connectivity index (χ3n) is 3.64. The van der Waals surface area contributed by atoms with Gasteiger partial charge in [0.1, 0.15) is 6.04 Å². The molecular formula is C15H19BrN2O3. The van der Waals surface area contributed by atoms with Gasteiger partial charge in [-0.2, -0.15) is 0 Å². The summed E-state index contributed by atoms with van der Waals surface area (Å²) < 4.78 is 0.823. The molecule has 0 aliphatic carbocycles. The number of anilines is 1. The molecule has 1 amide bonds. The van der Waals surface area contributed by atoms with Crippen LogP contribution in [0.5, 0.6) is 0 Å². The molecule has 1 aliphatic rings. The van der Waals surface area contributed by atoms with Crippen LogP contribution < -0.4 is 5.32 Å². The number of hydrogen-bond acceptors (Lipinski definition) is 3. The van der Waals surface area contributed by atoms with Crippen molar-refractivity contribution in [2.75, 3.05) is 18.4 Å². The number of benzene rings is 1. The molecular weight excluding hydrogens is 336 g/mol. The number of nitrogens with one attached hydrogen (secondary N) is 1. The van der Waals surface area contributed by atoms with Crippen LogP contribution in [0.4, 0.5) is 5.69 Å². The number of carboxylic acid groups (broad SMARTS) is 1. The van der Waals surface area contributed by atoms with Crippen LogP contribution in [0, 0.1) is 6.92 Å². The molecule has 0 saturated carbocycles. The van der Waals surface area contributed by atoms with E-state index in [0.29, 0.717) is 18.7 Å². The first kappa shape index (κ1) is 16.0. The van der Waals surface area contributed by atoms with Crippen molar-refractivity contribution in [1.82, 2.24) is 4.90 Å². The fraction of sp³-hybridized carbons (Fsp3) is 0.467. The van der Waals surface area contributed by atoms with Crippen LogP contribution in [0.3, 0.4) is 0 Å². The lowest BCUT2D eigenvalue weighted by Gasteiger charge is -2.32. The van der Waals surface area contributed by atoms with Gasteiger partial charge in [0.25, 0.3) is 0 Å². The first-order chi connectivity index (χ1) is 9.97. The number of carbonyl (C=O) groups is 2. The van der Waals surface area contributed by atoms with E-state index in [2.05, 4.69) is 21.2 Å². The zero-order valence-corrected chi connectivity index (χ0v) is 13.5. The van der Waals surface area contributed by atoms with E-state index in [0.717, 1.165) is 22.9 Å². The van der Waals surface area contributed by atoms with E-state index in [1.807, 2.05) is 25.1 Å². The van der Waals surface area contributed by atoms with E-state index in [9.17, 15) is 14.7 Å². The summed E-state index contributed by atoms with van der Waals surface area (Å²) >= 11 is 3.41. The van der Waals surface area contributed by atoms with Gasteiger partial charge in [-0.05, 0) is 59.9 Å². The van der Waals surface area contributed by atoms with Crippen molar-refractivity contribution in [2.45, 2.75) is 32.2 Å². The molecule has 21 heavy (non-hydrogen) atoms. The molecule has 1 heterocycles. The van der Waals surface area contributed by atoms with Gasteiger partial charge in [-0.3, -0.25) is 14.5 Å². The molecule has 0 bridgehead atoms. The number of amides is 1. The van der Waals surface area contributed by atoms with Crippen molar-refractivity contribution >= 4 is 33.5 Å². The van der Waals surface area contributed by atoms with Crippen molar-refractivity contribution in [1.29, 1.82) is 0 Å². The maximum Gasteiger partial charge on any atom is 0.320 e. The number of nitrogens with zero attached hydrogens (tertiary/aromatic N) is 1. The first-order valence-corrected chi connectivity index (χ1v) is 7.79. The molecule has 1 aromatic rings. The molecule has 1 atom stereocenters. The predicted octanol–water partition coefficient (Wildman–Crippen LogP) is 2.64. The standard InChI is InChI=1S/C15H19BrN2O3/c1-10-5-6-12(11(16)8-10)17-14(19)9-18-7-3-2-4-13(18)15(20)21/h5-6,8,13H,2-4,7,9H2,1H3,(H,17,19)(H,20,21). The number of hydrogen-bond donors (Lipinski definition) is 2. The fourth-order valence-electron chi connectivity index (χ4n) is 2.56. The Bertz CT molecular complexity index is 548. The monoisotopic (exact) mass is 354 g/mol. The van der Waals surface area contributed by atoms with E-state index in [4.69, 9.17) is 0 Å². The molecule has 2 N–H and O–H groups in total. The number of piperidine rings is 1. The topological polar surface area (TPSA) is 69.6 Å². The Labute approximate surface area is 132 Å². The third kappa shape index (κ3) is 4.28. The van der Waals surface area contributed by atoms with Crippen LogP contribution in [-0.2, 0) is 9.59 Å². The lowest BCUT2D eigenvalue weighted by molar-refractivity contribution is -0.145. The Morgan fingerprint density at radius 1 is 1.43 bits per heavy atom. The number of rotatable bonds is 4. The highest BCUT2D eigenvalue weighted by Crippen LogP contribution is 2.23. The quantitative estimate of drug-likeness (QED) is 0.871. The third-order valence-corrected chi connectivity index (χ3v) is 4.30. The lowest BCUT2D eigenvalue weighted by atomic mass is 10.0. The number of carboxylic acids is 1. The second-order valence-electron chi connectivity index (χ2n) is 5.35. The highest BCUT2D eigenvalue weighted by molar-refractivity contribution is 9.10. The Morgan fingerprint density at radius 3 is 2.86 bits per heavy atom. The predicted molar refractivity (Wildman–Crippen MR) is 84.4 cm³/mol. The molecule has 1 unspecified atom stereocenters. The van der Waals surface area contributed by atoms with Crippen molar-refractivity contribution < 1.29 is 14.7 Å². The second-order valence-corrected chi connectivity index (χ2v) is 6.21. The van der Waals surface area contributed by atoms with Crippen LogP contribution in [0.25, 0.3) is 0 Å². The van der Waals surface area contributed by atoms with Gasteiger partial charge < -0.3 is 10.4 Å². The summed E-state index contributed by atoms with van der Waals surface area (Å²) in [7, 11) is 0. The molecule has 1 fully saturated rings. The molecule has 1 saturated heterocycles. The van der Waals surface area contributed by atoms with Gasteiger partial charge in [-0.15, -0.1) is 0 Å². The zero-order chi connectivity index (χ0) is 15.4. The average molecular weight is 355 g/mol. The SMILES string of the molecule is Cc1ccc(NC(=O)CN2CCCCC2C(=O)O)c(Br)c1. The van der Waals surface area contributed by atoms with Gasteiger partial charge in [-0.1, -0.05) is 12.5 Å². The van der Waals surface area contributed by atoms with Crippen molar-refractivity contribution in [2.24, 2.45) is 0 Å². The number of aryl methyl sites for hydroxylation is 1. The Balaban J connectivity index is 1.98. The van der Waals surface area contributed by atoms with Crippen molar-refractivity contribution in [3.63, 3.8) is 0 Å². The summed E-state index contributed by atoms with van der Waals surface area (Å²) in [6.45, 7) is 2.73. The summed E-state index contributed by atoms with van der Waals surface area (Å²) in [5.41, 5.74) is 1.80. The van der Waals surface area contributed by atoms with Gasteiger partial charge in [0.05, 0.1) is 12.2 Å². The molecule has 1 aliphatic heterocycles. The van der Waals surface area contributed by atoms with Gasteiger partial charge in [0.2, 0.25) is 5.91 Å². The summed E-state index contributed by atoms with van der Waals surface area (Å²) in [5, 5.41) is 12.0. The molecule has 0 aromatic heterocycles. The highest BCUT2D eigenvalue weighted by Gasteiger charge is 2.29. The minimum absolute atomic E-state index is 0.108. The Kier molecular flexibility index (Phi) is 5.36. The minimum atomic E-state index is -0.848. The average Bonchev–Trinajstić information content (AvgIpc) is 2.42. The van der Waals surface area contributed by atoms with E-state index >= 15 is 0 Å². The van der Waals surface area contributed by atoms with Crippen LogP contribution in [0.1, 0.15) is 24.8 Å². The Morgan fingerprint density at radius 2 is 2.19 bits per heavy atom. The number of likely N-dealkylation sites (tertiary alicyclic amines) is 1. The molecule has 0 radical (unpaired) electrons. The van der Waals surface area contributed by atoms with Gasteiger partial charge in [-0.25, -0.2) is 0 Å². The van der Waals surface area contributed by atoms with Gasteiger partial charge >= 0.3 is 5.97 Å². The molecule has 0 spiro atoms. The largest absolute Gasteiger partial charge is 0.480 e. The molecule has 114 valence electrons. The second kappa shape index (κ2) is 7.04. The molecule has 6 heteroatoms. The van der Waals surface area contributed by atoms with E-state index in [1.165, 1.54) is 0 Å². The summed E-state index contributed by atoms with van der Waals surface area (Å²) in [5.74, 6) is -1.04. The van der Waals surface area contributed by atoms with Gasteiger partial charge in [0, 0.05) is 4.47 Å². The number of carbonyl (C=O) groups excluding carboxylic acids is 1. The van der Waals surface area contributed by atoms with E-state index in [1.54, 1.807) is 4.90 Å². The van der Waals surface area contributed by atoms with Crippen LogP contribution >= 0.6 is 15.9 Å². The van der Waals surface area contributed by atoms with Gasteiger partial charge in [0.15, 0.2) is 0 Å². The summed E-state index contributed by atoms with van der Waals surface area (Å²) in [6, 6.07) is 5.13. The zero-order valence-electron chi connectivity index (χ0n) is 11.9. The van der Waals surface area contributed by atoms with Crippen molar-refractivity contribution in [3.8, 4) is 0 Å². The van der Waals surface area contributed by atoms with Crippen LogP contribution in [0.2, 0.25) is 0 Å². The van der Waals surface area contributed by atoms with Crippen LogP contribution in [-0.4, -0.2) is 41.0 Å². The Hall–Kier alpha value is -1.40. The smallest absolute Gasteiger partial charge is 0.320 e. The molecule has 1 aromatic carbocycles. The summed E-state index contributed by atoms with van der Waals surface area (Å²) in [4.78, 5) is 25.1. The maximum absolute atomic E-state index is 12.1. The maximum atomic E-state index is 12.1. The van der Waals surface area contributed by atoms with E-state index < -0.39 is 12.0 Å². The highest BCUT2D eigenvalue weighted by atomic mass is 79.9. The van der Waals surface area contributed by atoms with Crippen LogP contribution in [0.15, 0.2) is 22.7 Å². The normalized spacial score (nSPS) is 19.2. The first-order valence-electron chi connectivity index (χ1n) is 7.00. The number of halogens is 1.